The molecule has 0 aliphatic carbocycles. The predicted octanol–water partition coefficient (Wildman–Crippen LogP) is 0.654. The predicted molar refractivity (Wildman–Crippen MR) is 232 cm³/mol. The van der Waals surface area contributed by atoms with Crippen molar-refractivity contribution in [2.45, 2.75) is 114 Å². The third kappa shape index (κ3) is 15.1. The number of carboxylic acids is 1. The minimum atomic E-state index is -4.46. The van der Waals surface area contributed by atoms with Gasteiger partial charge in [-0.15, -0.1) is 0 Å². The van der Waals surface area contributed by atoms with Crippen LogP contribution in [-0.2, 0) is 38.8 Å². The summed E-state index contributed by atoms with van der Waals surface area (Å²) in [5, 5.41) is 18.1. The first-order chi connectivity index (χ1) is 29.6. The molecule has 6 atom stereocenters. The maximum absolute atomic E-state index is 14.1. The number of carbonyl (C=O) groups is 8. The minimum absolute atomic E-state index is 0.0384. The summed E-state index contributed by atoms with van der Waals surface area (Å²) in [6, 6.07) is 4.98. The minimum Gasteiger partial charge on any atom is -0.480 e. The number of nitrogens with two attached hydrogens (primary N) is 3. The second-order valence-corrected chi connectivity index (χ2v) is 17.9. The van der Waals surface area contributed by atoms with E-state index >= 15 is 0 Å². The van der Waals surface area contributed by atoms with E-state index in [0.717, 1.165) is 12.1 Å². The molecule has 20 nitrogen and oxygen atoms in total. The van der Waals surface area contributed by atoms with Crippen LogP contribution in [0.1, 0.15) is 99.8 Å². The third-order valence-corrected chi connectivity index (χ3v) is 12.2. The normalized spacial score (nSPS) is 16.9. The molecule has 346 valence electrons. The van der Waals surface area contributed by atoms with Gasteiger partial charge in [0.15, 0.2) is 0 Å². The van der Waals surface area contributed by atoms with Gasteiger partial charge in [0, 0.05) is 55.8 Å². The van der Waals surface area contributed by atoms with Crippen LogP contribution in [0.3, 0.4) is 0 Å². The zero-order valence-corrected chi connectivity index (χ0v) is 37.1. The molecule has 2 aromatic carbocycles. The van der Waals surface area contributed by atoms with E-state index in [1.165, 1.54) is 53.2 Å². The first-order valence-electron chi connectivity index (χ1n) is 20.8. The van der Waals surface area contributed by atoms with Crippen molar-refractivity contribution >= 4 is 63.0 Å². The number of likely N-dealkylation sites (tertiary alicyclic amines) is 1. The van der Waals surface area contributed by atoms with E-state index < -0.39 is 94.5 Å². The summed E-state index contributed by atoms with van der Waals surface area (Å²) < 4.78 is 28.6. The monoisotopic (exact) mass is 899 g/mol. The molecule has 0 spiro atoms. The Morgan fingerprint density at radius 3 is 2.06 bits per heavy atom. The molecular weight excluding hydrogens is 839 g/mol. The topological polar surface area (TPSA) is 324 Å². The Kier molecular flexibility index (Phi) is 19.2. The lowest BCUT2D eigenvalue weighted by atomic mass is 9.95. The summed E-state index contributed by atoms with van der Waals surface area (Å²) in [4.78, 5) is 104. The molecule has 0 radical (unpaired) electrons. The molecule has 63 heavy (non-hydrogen) atoms. The van der Waals surface area contributed by atoms with Crippen molar-refractivity contribution in [2.24, 2.45) is 29.0 Å². The lowest BCUT2D eigenvalue weighted by Gasteiger charge is -2.35. The van der Waals surface area contributed by atoms with Crippen LogP contribution in [0.25, 0.3) is 0 Å². The fourth-order valence-electron chi connectivity index (χ4n) is 7.12. The number of aliphatic carboxylic acids is 1. The number of hydrogen-bond donors (Lipinski definition) is 8. The Bertz CT molecular complexity index is 2080. The van der Waals surface area contributed by atoms with Gasteiger partial charge in [0.1, 0.15) is 24.2 Å². The number of hydrogen-bond acceptors (Lipinski definition) is 11. The summed E-state index contributed by atoms with van der Waals surface area (Å²) >= 11 is 0. The molecule has 11 N–H and O–H groups in total. The quantitative estimate of drug-likeness (QED) is 0.0674. The number of rotatable bonds is 24. The van der Waals surface area contributed by atoms with Crippen molar-refractivity contribution in [1.82, 2.24) is 25.2 Å². The molecule has 3 rings (SSSR count). The van der Waals surface area contributed by atoms with Gasteiger partial charge in [0.05, 0.1) is 4.90 Å². The van der Waals surface area contributed by atoms with Crippen molar-refractivity contribution in [3.05, 3.63) is 59.7 Å². The Hall–Kier alpha value is -5.93. The fraction of sp³-hybridized carbons (Fsp3) is 0.524. The summed E-state index contributed by atoms with van der Waals surface area (Å²) in [7, 11) is -2.96. The number of amides is 7. The number of sulfonamides is 1. The largest absolute Gasteiger partial charge is 0.480 e. The highest BCUT2D eigenvalue weighted by Gasteiger charge is 2.41. The molecule has 0 saturated carbocycles. The number of anilines is 1. The van der Waals surface area contributed by atoms with Crippen LogP contribution < -0.4 is 37.9 Å². The fourth-order valence-corrected chi connectivity index (χ4v) is 8.35. The zero-order chi connectivity index (χ0) is 47.2. The molecule has 7 amide bonds. The van der Waals surface area contributed by atoms with Crippen LogP contribution >= 0.6 is 0 Å². The third-order valence-electron chi connectivity index (χ3n) is 10.7. The number of carboxylic acid groups (broad SMARTS) is 1. The molecule has 1 fully saturated rings. The molecule has 1 aliphatic rings. The molecule has 2 aromatic rings. The van der Waals surface area contributed by atoms with Crippen LogP contribution in [0.2, 0.25) is 0 Å². The Morgan fingerprint density at radius 2 is 1.51 bits per heavy atom. The molecule has 0 aromatic heterocycles. The van der Waals surface area contributed by atoms with Gasteiger partial charge in [0.25, 0.3) is 5.91 Å². The lowest BCUT2D eigenvalue weighted by molar-refractivity contribution is -0.145. The number of carbonyl (C=O) groups excluding carboxylic acids is 7. The Morgan fingerprint density at radius 1 is 0.889 bits per heavy atom. The van der Waals surface area contributed by atoms with Gasteiger partial charge in [-0.3, -0.25) is 38.4 Å². The summed E-state index contributed by atoms with van der Waals surface area (Å²) in [6.45, 7) is 7.65. The van der Waals surface area contributed by atoms with E-state index in [2.05, 4.69) is 20.7 Å². The number of unbranched alkanes of at least 4 members (excludes halogenated alkanes) is 1. The van der Waals surface area contributed by atoms with Gasteiger partial charge in [-0.25, -0.2) is 8.42 Å². The molecule has 0 unspecified atom stereocenters. The van der Waals surface area contributed by atoms with Gasteiger partial charge >= 0.3 is 5.97 Å². The Balaban J connectivity index is 1.67. The Labute approximate surface area is 367 Å². The highest BCUT2D eigenvalue weighted by atomic mass is 32.2. The zero-order valence-electron chi connectivity index (χ0n) is 36.3. The van der Waals surface area contributed by atoms with Gasteiger partial charge in [0.2, 0.25) is 45.5 Å². The SMILES string of the molecule is CC[C@H](C)[C@@H](C(=O)NCCCCC(N)=O)N(C)C(=O)[C@H](CC(C)C)NC(=O)[C@@H]1C[C@H](N)CN1C(=O)CC[C@@H](NS(=O)(=O)c1ccc(NC(=O)c2ccc(C(N)=O)cc2)cc1)C(=O)O. The van der Waals surface area contributed by atoms with Gasteiger partial charge in [-0.05, 0) is 92.5 Å². The molecule has 1 heterocycles. The van der Waals surface area contributed by atoms with E-state index in [-0.39, 0.29) is 71.8 Å². The van der Waals surface area contributed by atoms with Gasteiger partial charge in [-0.1, -0.05) is 34.1 Å². The van der Waals surface area contributed by atoms with Gasteiger partial charge < -0.3 is 48.1 Å². The first-order valence-corrected chi connectivity index (χ1v) is 22.3. The lowest BCUT2D eigenvalue weighted by Crippen LogP contribution is -2.58. The number of likely N-dealkylation sites (N-methyl/N-ethyl adjacent to an activating group) is 1. The maximum atomic E-state index is 14.1. The van der Waals surface area contributed by atoms with E-state index in [9.17, 15) is 51.9 Å². The van der Waals surface area contributed by atoms with Crippen LogP contribution in [-0.4, -0.2) is 121 Å². The van der Waals surface area contributed by atoms with Crippen LogP contribution in [0, 0.1) is 11.8 Å². The average molecular weight is 900 g/mol. The summed E-state index contributed by atoms with van der Waals surface area (Å²) in [5.41, 5.74) is 17.3. The highest BCUT2D eigenvalue weighted by molar-refractivity contribution is 7.89. The van der Waals surface area contributed by atoms with E-state index in [4.69, 9.17) is 17.2 Å². The van der Waals surface area contributed by atoms with Crippen LogP contribution in [0.5, 0.6) is 0 Å². The smallest absolute Gasteiger partial charge is 0.321 e. The first kappa shape index (κ1) is 51.4. The number of benzene rings is 2. The molecule has 1 aliphatic heterocycles. The average Bonchev–Trinajstić information content (AvgIpc) is 3.63. The molecule has 1 saturated heterocycles. The van der Waals surface area contributed by atoms with Crippen molar-refractivity contribution in [1.29, 1.82) is 0 Å². The highest BCUT2D eigenvalue weighted by Crippen LogP contribution is 2.23. The van der Waals surface area contributed by atoms with E-state index in [0.29, 0.717) is 19.3 Å². The number of primary amides is 2. The summed E-state index contributed by atoms with van der Waals surface area (Å²) in [6.07, 6.45) is 1.02. The van der Waals surface area contributed by atoms with Crippen LogP contribution in [0.4, 0.5) is 5.69 Å². The van der Waals surface area contributed by atoms with Gasteiger partial charge in [-0.2, -0.15) is 4.72 Å². The second kappa shape index (κ2) is 23.5. The van der Waals surface area contributed by atoms with Crippen LogP contribution in [0.15, 0.2) is 53.4 Å². The maximum Gasteiger partial charge on any atom is 0.321 e. The standard InChI is InChI=1S/C42H61N9O11S/c1-6-25(4)36(40(57)46-20-8-7-9-34(44)52)50(5)41(58)32(21-24(2)3)48-39(56)33-22-28(43)23-51(33)35(53)19-18-31(42(59)60)49-63(61,62)30-16-14-29(15-17-30)47-38(55)27-12-10-26(11-13-27)37(45)54/h10-17,24-25,28,31-33,36,49H,6-9,18-23,43H2,1-5H3,(H2,44,52)(H2,45,54)(H,46,57)(H,47,55)(H,48,56)(H,59,60)/t25-,28-,31+,32-,33-,36-/m0/s1. The number of nitrogens with zero attached hydrogens (tertiary/aromatic N) is 2. The number of nitrogens with one attached hydrogen (secondary N) is 4. The molecule has 21 heteroatoms. The van der Waals surface area contributed by atoms with Crippen molar-refractivity contribution < 1.29 is 51.9 Å². The van der Waals surface area contributed by atoms with E-state index in [1.807, 2.05) is 27.7 Å². The van der Waals surface area contributed by atoms with Crippen molar-refractivity contribution in [3.63, 3.8) is 0 Å². The molecular formula is C42H61N9O11S. The van der Waals surface area contributed by atoms with Crippen molar-refractivity contribution in [2.75, 3.05) is 25.5 Å². The summed E-state index contributed by atoms with van der Waals surface area (Å²) in [5.74, 6) is -5.78. The molecule has 0 bridgehead atoms. The van der Waals surface area contributed by atoms with E-state index in [1.54, 1.807) is 0 Å². The van der Waals surface area contributed by atoms with Crippen molar-refractivity contribution in [3.8, 4) is 0 Å². The second-order valence-electron chi connectivity index (χ2n) is 16.2.